The fraction of sp³-hybridized carbons (Fsp3) is 0.188. The average Bonchev–Trinajstić information content (AvgIpc) is 2.83. The van der Waals surface area contributed by atoms with Crippen LogP contribution in [0.15, 0.2) is 97.1 Å². The van der Waals surface area contributed by atoms with Crippen LogP contribution in [0.4, 0.5) is 0 Å². The molecule has 0 nitrogen and oxygen atoms in total. The van der Waals surface area contributed by atoms with E-state index in [9.17, 15) is 0 Å². The number of benzene rings is 5. The second-order valence-corrected chi connectivity index (χ2v) is 9.43. The Morgan fingerprint density at radius 3 is 1.78 bits per heavy atom. The molecule has 158 valence electrons. The molecule has 0 bridgehead atoms. The third-order valence-corrected chi connectivity index (χ3v) is 6.58. The molecule has 0 saturated heterocycles. The zero-order chi connectivity index (χ0) is 22.2. The highest BCUT2D eigenvalue weighted by atomic mass is 14.2. The van der Waals surface area contributed by atoms with Gasteiger partial charge in [-0.1, -0.05) is 119 Å². The van der Waals surface area contributed by atoms with E-state index in [0.29, 0.717) is 11.8 Å². The molecule has 5 aromatic rings. The summed E-state index contributed by atoms with van der Waals surface area (Å²) in [6, 6.07) is 35.8. The Labute approximate surface area is 191 Å². The van der Waals surface area contributed by atoms with E-state index >= 15 is 0 Å². The minimum absolute atomic E-state index is 0.454. The van der Waals surface area contributed by atoms with E-state index in [4.69, 9.17) is 0 Å². The second-order valence-electron chi connectivity index (χ2n) is 9.43. The SMILES string of the molecule is CC(C)c1cc(-c2ccccc2)c2c(c1)cc(C(C)C)c1cc(-c3ccccc3)ccc12. The molecular formula is C32H30. The van der Waals surface area contributed by atoms with Crippen LogP contribution in [0.3, 0.4) is 0 Å². The maximum atomic E-state index is 2.44. The number of fused-ring (bicyclic) bond motifs is 3. The van der Waals surface area contributed by atoms with Gasteiger partial charge in [-0.15, -0.1) is 0 Å². The van der Waals surface area contributed by atoms with Crippen LogP contribution < -0.4 is 0 Å². The first-order chi connectivity index (χ1) is 15.5. The summed E-state index contributed by atoms with van der Waals surface area (Å²) in [5.41, 5.74) is 7.98. The Morgan fingerprint density at radius 2 is 1.16 bits per heavy atom. The molecule has 0 heterocycles. The van der Waals surface area contributed by atoms with E-state index < -0.39 is 0 Å². The smallest absolute Gasteiger partial charge is 0.00264 e. The van der Waals surface area contributed by atoms with Gasteiger partial charge in [0.2, 0.25) is 0 Å². The van der Waals surface area contributed by atoms with Crippen molar-refractivity contribution in [3.8, 4) is 22.3 Å². The fourth-order valence-electron chi connectivity index (χ4n) is 4.82. The van der Waals surface area contributed by atoms with Gasteiger partial charge in [0.1, 0.15) is 0 Å². The van der Waals surface area contributed by atoms with Crippen LogP contribution in [0.25, 0.3) is 43.8 Å². The Morgan fingerprint density at radius 1 is 0.500 bits per heavy atom. The standard InChI is InChI=1S/C32H30/c1-21(2)26-17-27-20-29(22(3)4)31-18-25(23-11-7-5-8-12-23)15-16-28(31)32(27)30(19-26)24-13-9-6-10-14-24/h5-22H,1-4H3. The van der Waals surface area contributed by atoms with Gasteiger partial charge < -0.3 is 0 Å². The minimum Gasteiger partial charge on any atom is -0.0622 e. The highest BCUT2D eigenvalue weighted by Gasteiger charge is 2.16. The van der Waals surface area contributed by atoms with Crippen molar-refractivity contribution in [3.05, 3.63) is 108 Å². The van der Waals surface area contributed by atoms with Gasteiger partial charge in [-0.05, 0) is 72.8 Å². The van der Waals surface area contributed by atoms with Crippen molar-refractivity contribution in [1.29, 1.82) is 0 Å². The molecule has 5 aromatic carbocycles. The molecule has 0 N–H and O–H groups in total. The molecule has 0 amide bonds. The third-order valence-electron chi connectivity index (χ3n) is 6.58. The maximum absolute atomic E-state index is 2.44. The van der Waals surface area contributed by atoms with Crippen LogP contribution in [-0.4, -0.2) is 0 Å². The first-order valence-corrected chi connectivity index (χ1v) is 11.7. The highest BCUT2D eigenvalue weighted by Crippen LogP contribution is 2.41. The fourth-order valence-corrected chi connectivity index (χ4v) is 4.82. The van der Waals surface area contributed by atoms with Gasteiger partial charge in [0.15, 0.2) is 0 Å². The molecule has 0 spiro atoms. The van der Waals surface area contributed by atoms with Gasteiger partial charge in [0, 0.05) is 0 Å². The lowest BCUT2D eigenvalue weighted by Gasteiger charge is -2.19. The quantitative estimate of drug-likeness (QED) is 0.257. The summed E-state index contributed by atoms with van der Waals surface area (Å²) in [6.07, 6.45) is 0. The summed E-state index contributed by atoms with van der Waals surface area (Å²) in [5, 5.41) is 5.42. The number of rotatable bonds is 4. The van der Waals surface area contributed by atoms with Gasteiger partial charge in [0.25, 0.3) is 0 Å². The number of hydrogen-bond acceptors (Lipinski definition) is 0. The lowest BCUT2D eigenvalue weighted by molar-refractivity contribution is 0.868. The van der Waals surface area contributed by atoms with Crippen LogP contribution in [0, 0.1) is 0 Å². The van der Waals surface area contributed by atoms with Crippen molar-refractivity contribution < 1.29 is 0 Å². The van der Waals surface area contributed by atoms with E-state index in [0.717, 1.165) is 0 Å². The second kappa shape index (κ2) is 8.28. The van der Waals surface area contributed by atoms with Crippen molar-refractivity contribution in [2.24, 2.45) is 0 Å². The zero-order valence-electron chi connectivity index (χ0n) is 19.4. The summed E-state index contributed by atoms with van der Waals surface area (Å²) in [4.78, 5) is 0. The molecule has 0 aromatic heterocycles. The van der Waals surface area contributed by atoms with Crippen LogP contribution in [0.5, 0.6) is 0 Å². The molecule has 0 radical (unpaired) electrons. The van der Waals surface area contributed by atoms with Gasteiger partial charge in [-0.25, -0.2) is 0 Å². The molecule has 0 unspecified atom stereocenters. The minimum atomic E-state index is 0.454. The summed E-state index contributed by atoms with van der Waals surface area (Å²) in [5.74, 6) is 0.941. The van der Waals surface area contributed by atoms with Crippen molar-refractivity contribution in [3.63, 3.8) is 0 Å². The lowest BCUT2D eigenvalue weighted by atomic mass is 9.85. The predicted octanol–water partition coefficient (Wildman–Crippen LogP) is 9.57. The molecular weight excluding hydrogens is 384 g/mol. The van der Waals surface area contributed by atoms with E-state index in [1.807, 2.05) is 0 Å². The van der Waals surface area contributed by atoms with Crippen LogP contribution in [0.1, 0.15) is 50.7 Å². The van der Waals surface area contributed by atoms with E-state index in [2.05, 4.69) is 125 Å². The number of hydrogen-bond donors (Lipinski definition) is 0. The van der Waals surface area contributed by atoms with Gasteiger partial charge in [-0.3, -0.25) is 0 Å². The molecule has 0 saturated carbocycles. The van der Waals surface area contributed by atoms with Crippen LogP contribution in [-0.2, 0) is 0 Å². The Hall–Kier alpha value is -3.38. The summed E-state index contributed by atoms with van der Waals surface area (Å²) < 4.78 is 0. The molecule has 0 heteroatoms. The third kappa shape index (κ3) is 3.60. The molecule has 0 atom stereocenters. The van der Waals surface area contributed by atoms with E-state index in [1.165, 1.54) is 54.9 Å². The van der Waals surface area contributed by atoms with Gasteiger partial charge >= 0.3 is 0 Å². The van der Waals surface area contributed by atoms with Crippen LogP contribution >= 0.6 is 0 Å². The first-order valence-electron chi connectivity index (χ1n) is 11.7. The maximum Gasteiger partial charge on any atom is -0.00264 e. The van der Waals surface area contributed by atoms with E-state index in [1.54, 1.807) is 0 Å². The van der Waals surface area contributed by atoms with Crippen molar-refractivity contribution in [2.75, 3.05) is 0 Å². The van der Waals surface area contributed by atoms with E-state index in [-0.39, 0.29) is 0 Å². The topological polar surface area (TPSA) is 0 Å². The first kappa shape index (κ1) is 20.5. The van der Waals surface area contributed by atoms with Gasteiger partial charge in [0.05, 0.1) is 0 Å². The Kier molecular flexibility index (Phi) is 5.31. The Balaban J connectivity index is 1.90. The summed E-state index contributed by atoms with van der Waals surface area (Å²) in [6.45, 7) is 9.18. The van der Waals surface area contributed by atoms with Crippen molar-refractivity contribution in [2.45, 2.75) is 39.5 Å². The highest BCUT2D eigenvalue weighted by molar-refractivity contribution is 6.16. The van der Waals surface area contributed by atoms with Crippen LogP contribution in [0.2, 0.25) is 0 Å². The summed E-state index contributed by atoms with van der Waals surface area (Å²) >= 11 is 0. The van der Waals surface area contributed by atoms with Crippen molar-refractivity contribution >= 4 is 21.5 Å². The molecule has 0 aliphatic carbocycles. The molecule has 32 heavy (non-hydrogen) atoms. The normalized spacial score (nSPS) is 11.7. The van der Waals surface area contributed by atoms with Gasteiger partial charge in [-0.2, -0.15) is 0 Å². The molecule has 5 rings (SSSR count). The van der Waals surface area contributed by atoms with Crippen molar-refractivity contribution in [1.82, 2.24) is 0 Å². The molecule has 0 aliphatic heterocycles. The Bertz CT molecular complexity index is 1390. The summed E-state index contributed by atoms with van der Waals surface area (Å²) in [7, 11) is 0. The molecule has 0 aliphatic rings. The zero-order valence-corrected chi connectivity index (χ0v) is 19.4. The molecule has 0 fully saturated rings. The monoisotopic (exact) mass is 414 g/mol. The average molecular weight is 415 g/mol. The predicted molar refractivity (Wildman–Crippen MR) is 141 cm³/mol. The lowest BCUT2D eigenvalue weighted by Crippen LogP contribution is -1.96. The largest absolute Gasteiger partial charge is 0.0622 e.